The van der Waals surface area contributed by atoms with Crippen LogP contribution < -0.4 is 9.47 Å². The summed E-state index contributed by atoms with van der Waals surface area (Å²) in [6, 6.07) is 3.10. The number of hydrogen-bond acceptors (Lipinski definition) is 4. The molecule has 0 amide bonds. The molecule has 0 spiro atoms. The maximum atomic E-state index is 11.4. The molecule has 16 heavy (non-hydrogen) atoms. The number of halogens is 1. The van der Waals surface area contributed by atoms with Gasteiger partial charge >= 0.3 is 5.97 Å². The van der Waals surface area contributed by atoms with E-state index in [4.69, 9.17) is 14.6 Å². The summed E-state index contributed by atoms with van der Waals surface area (Å²) in [5, 5.41) is 8.68. The Balaban J connectivity index is 3.46. The van der Waals surface area contributed by atoms with E-state index in [9.17, 15) is 9.59 Å². The Morgan fingerprint density at radius 2 is 1.88 bits per heavy atom. The molecule has 0 aliphatic carbocycles. The van der Waals surface area contributed by atoms with Crippen LogP contribution in [0.5, 0.6) is 11.5 Å². The van der Waals surface area contributed by atoms with Gasteiger partial charge in [0.15, 0.2) is 11.5 Å². The smallest absolute Gasteiger partial charge is 0.377 e. The van der Waals surface area contributed by atoms with E-state index >= 15 is 0 Å². The first-order valence-electron chi connectivity index (χ1n) is 4.21. The molecular weight excluding hydrogens is 280 g/mol. The molecule has 1 rings (SSSR count). The zero-order valence-corrected chi connectivity index (χ0v) is 10.2. The van der Waals surface area contributed by atoms with Crippen LogP contribution in [0.2, 0.25) is 0 Å². The topological polar surface area (TPSA) is 72.8 Å². The first kappa shape index (κ1) is 12.5. The van der Waals surface area contributed by atoms with Gasteiger partial charge in [0.25, 0.3) is 5.78 Å². The molecule has 0 saturated carbocycles. The number of aliphatic carboxylic acids is 1. The number of carboxylic acids is 1. The van der Waals surface area contributed by atoms with Crippen molar-refractivity contribution in [3.63, 3.8) is 0 Å². The molecule has 0 saturated heterocycles. The van der Waals surface area contributed by atoms with Crippen molar-refractivity contribution in [2.75, 3.05) is 14.2 Å². The van der Waals surface area contributed by atoms with E-state index in [1.54, 1.807) is 6.07 Å². The Kier molecular flexibility index (Phi) is 3.89. The molecule has 0 unspecified atom stereocenters. The maximum Gasteiger partial charge on any atom is 0.377 e. The van der Waals surface area contributed by atoms with E-state index in [1.165, 1.54) is 20.3 Å². The molecule has 0 radical (unpaired) electrons. The highest BCUT2D eigenvalue weighted by atomic mass is 79.9. The molecule has 0 aromatic heterocycles. The van der Waals surface area contributed by atoms with Crippen LogP contribution in [0.25, 0.3) is 0 Å². The van der Waals surface area contributed by atoms with Gasteiger partial charge in [-0.3, -0.25) is 4.79 Å². The molecule has 0 heterocycles. The van der Waals surface area contributed by atoms with Gasteiger partial charge in [-0.05, 0) is 28.1 Å². The van der Waals surface area contributed by atoms with E-state index in [1.807, 2.05) is 0 Å². The number of hydrogen-bond donors (Lipinski definition) is 1. The first-order valence-corrected chi connectivity index (χ1v) is 5.00. The minimum atomic E-state index is -1.55. The van der Waals surface area contributed by atoms with Crippen molar-refractivity contribution in [2.24, 2.45) is 0 Å². The van der Waals surface area contributed by atoms with Crippen LogP contribution in [0.1, 0.15) is 10.4 Å². The fourth-order valence-electron chi connectivity index (χ4n) is 1.22. The van der Waals surface area contributed by atoms with Gasteiger partial charge in [0.1, 0.15) is 0 Å². The van der Waals surface area contributed by atoms with Crippen molar-refractivity contribution in [3.8, 4) is 11.5 Å². The largest absolute Gasteiger partial charge is 0.493 e. The van der Waals surface area contributed by atoms with Crippen LogP contribution in [-0.4, -0.2) is 31.1 Å². The van der Waals surface area contributed by atoms with Gasteiger partial charge in [-0.25, -0.2) is 4.79 Å². The first-order chi connectivity index (χ1) is 7.52. The average molecular weight is 289 g/mol. The molecular formula is C10H9BrO5. The van der Waals surface area contributed by atoms with Gasteiger partial charge in [0.05, 0.1) is 19.8 Å². The molecule has 86 valence electrons. The Labute approximate surface area is 100 Å². The van der Waals surface area contributed by atoms with Crippen LogP contribution >= 0.6 is 15.9 Å². The molecule has 1 aromatic rings. The summed E-state index contributed by atoms with van der Waals surface area (Å²) in [6.07, 6.45) is 0. The van der Waals surface area contributed by atoms with Crippen molar-refractivity contribution >= 4 is 27.7 Å². The molecule has 5 nitrogen and oxygen atoms in total. The number of rotatable bonds is 4. The predicted molar refractivity (Wildman–Crippen MR) is 59.2 cm³/mol. The molecule has 6 heteroatoms. The second kappa shape index (κ2) is 4.98. The SMILES string of the molecule is COc1ccc(Br)c(C(=O)C(=O)O)c1OC. The lowest BCUT2D eigenvalue weighted by Gasteiger charge is -2.11. The zero-order chi connectivity index (χ0) is 12.3. The monoisotopic (exact) mass is 288 g/mol. The molecule has 0 fully saturated rings. The van der Waals surface area contributed by atoms with Gasteiger partial charge in [-0.15, -0.1) is 0 Å². The standard InChI is InChI=1S/C10H9BrO5/c1-15-6-4-3-5(11)7(9(6)16-2)8(12)10(13)14/h3-4H,1-2H3,(H,13,14). The molecule has 1 aromatic carbocycles. The molecule has 0 aliphatic heterocycles. The Morgan fingerprint density at radius 1 is 1.25 bits per heavy atom. The average Bonchev–Trinajstić information content (AvgIpc) is 2.27. The molecule has 0 bridgehead atoms. The highest BCUT2D eigenvalue weighted by Crippen LogP contribution is 2.36. The number of carbonyl (C=O) groups is 2. The van der Waals surface area contributed by atoms with Gasteiger partial charge < -0.3 is 14.6 Å². The minimum absolute atomic E-state index is 0.0608. The fourth-order valence-corrected chi connectivity index (χ4v) is 1.71. The zero-order valence-electron chi connectivity index (χ0n) is 8.61. The summed E-state index contributed by atoms with van der Waals surface area (Å²) in [4.78, 5) is 22.1. The van der Waals surface area contributed by atoms with Crippen molar-refractivity contribution in [2.45, 2.75) is 0 Å². The van der Waals surface area contributed by atoms with Crippen LogP contribution in [0, 0.1) is 0 Å². The van der Waals surface area contributed by atoms with Crippen LogP contribution in [0.15, 0.2) is 16.6 Å². The summed E-state index contributed by atoms with van der Waals surface area (Å²) >= 11 is 3.10. The number of carboxylic acid groups (broad SMARTS) is 1. The third-order valence-corrected chi connectivity index (χ3v) is 2.58. The summed E-state index contributed by atoms with van der Waals surface area (Å²) in [5.74, 6) is -2.20. The number of benzene rings is 1. The Hall–Kier alpha value is -1.56. The highest BCUT2D eigenvalue weighted by molar-refractivity contribution is 9.10. The number of carbonyl (C=O) groups excluding carboxylic acids is 1. The summed E-state index contributed by atoms with van der Waals surface area (Å²) in [6.45, 7) is 0. The van der Waals surface area contributed by atoms with Gasteiger partial charge in [-0.2, -0.15) is 0 Å². The van der Waals surface area contributed by atoms with E-state index in [-0.39, 0.29) is 11.3 Å². The Bertz CT molecular complexity index is 441. The molecule has 0 aliphatic rings. The van der Waals surface area contributed by atoms with Crippen LogP contribution in [-0.2, 0) is 4.79 Å². The number of Topliss-reactive ketones (excluding diaryl/α,β-unsaturated/α-hetero) is 1. The van der Waals surface area contributed by atoms with Crippen LogP contribution in [0.4, 0.5) is 0 Å². The van der Waals surface area contributed by atoms with Gasteiger partial charge in [0.2, 0.25) is 0 Å². The van der Waals surface area contributed by atoms with Crippen molar-refractivity contribution in [1.82, 2.24) is 0 Å². The number of ketones is 1. The second-order valence-corrected chi connectivity index (χ2v) is 3.65. The summed E-state index contributed by atoms with van der Waals surface area (Å²) < 4.78 is 10.3. The van der Waals surface area contributed by atoms with E-state index in [2.05, 4.69) is 15.9 Å². The quantitative estimate of drug-likeness (QED) is 0.675. The van der Waals surface area contributed by atoms with Crippen molar-refractivity contribution in [1.29, 1.82) is 0 Å². The van der Waals surface area contributed by atoms with E-state index in [0.29, 0.717) is 10.2 Å². The second-order valence-electron chi connectivity index (χ2n) is 2.79. The van der Waals surface area contributed by atoms with E-state index < -0.39 is 11.8 Å². The molecule has 0 atom stereocenters. The minimum Gasteiger partial charge on any atom is -0.493 e. The third kappa shape index (κ3) is 2.16. The fraction of sp³-hybridized carbons (Fsp3) is 0.200. The van der Waals surface area contributed by atoms with Crippen molar-refractivity contribution in [3.05, 3.63) is 22.2 Å². The predicted octanol–water partition coefficient (Wildman–Crippen LogP) is 1.73. The maximum absolute atomic E-state index is 11.4. The number of ether oxygens (including phenoxy) is 2. The lowest BCUT2D eigenvalue weighted by atomic mass is 10.1. The van der Waals surface area contributed by atoms with Crippen molar-refractivity contribution < 1.29 is 24.2 Å². The van der Waals surface area contributed by atoms with Gasteiger partial charge in [-0.1, -0.05) is 0 Å². The highest BCUT2D eigenvalue weighted by Gasteiger charge is 2.25. The van der Waals surface area contributed by atoms with E-state index in [0.717, 1.165) is 0 Å². The lowest BCUT2D eigenvalue weighted by molar-refractivity contribution is -0.131. The number of methoxy groups -OCH3 is 2. The third-order valence-electron chi connectivity index (χ3n) is 1.92. The normalized spacial score (nSPS) is 9.69. The summed E-state index contributed by atoms with van der Waals surface area (Å²) in [7, 11) is 2.74. The lowest BCUT2D eigenvalue weighted by Crippen LogP contribution is -2.15. The Morgan fingerprint density at radius 3 is 2.31 bits per heavy atom. The van der Waals surface area contributed by atoms with Gasteiger partial charge in [0, 0.05) is 4.47 Å². The summed E-state index contributed by atoms with van der Waals surface area (Å²) in [5.41, 5.74) is -0.0608. The molecule has 1 N–H and O–H groups in total. The van der Waals surface area contributed by atoms with Crippen LogP contribution in [0.3, 0.4) is 0 Å².